The number of sulfonamides is 1. The highest BCUT2D eigenvalue weighted by molar-refractivity contribution is 7.92. The van der Waals surface area contributed by atoms with E-state index in [1.165, 1.54) is 18.3 Å². The molecule has 8 nitrogen and oxygen atoms in total. The highest BCUT2D eigenvalue weighted by Gasteiger charge is 2.36. The summed E-state index contributed by atoms with van der Waals surface area (Å²) >= 11 is 11.6. The van der Waals surface area contributed by atoms with E-state index in [2.05, 4.69) is 9.97 Å². The molecule has 0 unspecified atom stereocenters. The van der Waals surface area contributed by atoms with E-state index in [-0.39, 0.29) is 22.1 Å². The van der Waals surface area contributed by atoms with Crippen LogP contribution in [0.5, 0.6) is 0 Å². The first-order valence-corrected chi connectivity index (χ1v) is 11.4. The molecule has 0 radical (unpaired) electrons. The zero-order chi connectivity index (χ0) is 25.3. The van der Waals surface area contributed by atoms with E-state index in [4.69, 9.17) is 33.7 Å². The Labute approximate surface area is 202 Å². The molecular formula is C20H15Cl2F3N4O4S. The van der Waals surface area contributed by atoms with Gasteiger partial charge in [-0.3, -0.25) is 4.79 Å². The zero-order valence-electron chi connectivity index (χ0n) is 17.2. The second-order valence-electron chi connectivity index (χ2n) is 6.70. The predicted molar refractivity (Wildman–Crippen MR) is 119 cm³/mol. The molecule has 2 N–H and O–H groups in total. The van der Waals surface area contributed by atoms with Crippen molar-refractivity contribution in [2.75, 3.05) is 23.9 Å². The lowest BCUT2D eigenvalue weighted by molar-refractivity contribution is -0.137. The Morgan fingerprint density at radius 2 is 1.88 bits per heavy atom. The number of nitrogens with zero attached hydrogens (tertiary/aromatic N) is 3. The smallest absolute Gasteiger partial charge is 0.383 e. The zero-order valence-corrected chi connectivity index (χ0v) is 19.5. The van der Waals surface area contributed by atoms with Crippen molar-refractivity contribution in [3.05, 3.63) is 75.7 Å². The van der Waals surface area contributed by atoms with Gasteiger partial charge in [0.1, 0.15) is 18.2 Å². The van der Waals surface area contributed by atoms with Gasteiger partial charge in [-0.25, -0.2) is 22.7 Å². The van der Waals surface area contributed by atoms with Crippen molar-refractivity contribution in [1.82, 2.24) is 9.97 Å². The van der Waals surface area contributed by atoms with Crippen molar-refractivity contribution in [2.45, 2.75) is 11.1 Å². The van der Waals surface area contributed by atoms with Crippen LogP contribution in [0, 0.1) is 0 Å². The summed E-state index contributed by atoms with van der Waals surface area (Å²) < 4.78 is 72.4. The van der Waals surface area contributed by atoms with Crippen molar-refractivity contribution < 1.29 is 31.1 Å². The molecule has 1 aromatic carbocycles. The molecule has 180 valence electrons. The SMILES string of the molecule is COCN(c1cc(Cl)cnc1C(=O)c1cccnc1N)S(=O)(=O)c1ccc(Cl)c(C(F)(F)F)c1. The first-order chi connectivity index (χ1) is 15.9. The number of nitrogens with two attached hydrogens (primary N) is 1. The van der Waals surface area contributed by atoms with E-state index < -0.39 is 49.9 Å². The molecule has 0 atom stereocenters. The molecule has 0 bridgehead atoms. The van der Waals surface area contributed by atoms with Crippen LogP contribution in [0.4, 0.5) is 24.7 Å². The molecule has 0 aliphatic carbocycles. The van der Waals surface area contributed by atoms with Gasteiger partial charge in [0.2, 0.25) is 5.78 Å². The second-order valence-corrected chi connectivity index (χ2v) is 9.40. The largest absolute Gasteiger partial charge is 0.417 e. The summed E-state index contributed by atoms with van der Waals surface area (Å²) in [4.78, 5) is 20.2. The Kier molecular flexibility index (Phi) is 7.36. The number of alkyl halides is 3. The lowest BCUT2D eigenvalue weighted by Crippen LogP contribution is -2.34. The number of hydrogen-bond donors (Lipinski definition) is 1. The van der Waals surface area contributed by atoms with Gasteiger partial charge in [0.05, 0.1) is 31.8 Å². The number of ether oxygens (including phenoxy) is 1. The summed E-state index contributed by atoms with van der Waals surface area (Å²) in [6.45, 7) is -0.683. The van der Waals surface area contributed by atoms with Crippen LogP contribution in [0.15, 0.2) is 53.7 Å². The number of rotatable bonds is 7. The van der Waals surface area contributed by atoms with Gasteiger partial charge in [0, 0.05) is 19.5 Å². The molecule has 34 heavy (non-hydrogen) atoms. The lowest BCUT2D eigenvalue weighted by atomic mass is 10.1. The normalized spacial score (nSPS) is 11.9. The average Bonchev–Trinajstić information content (AvgIpc) is 2.76. The third-order valence-corrected chi connectivity index (χ3v) is 6.75. The summed E-state index contributed by atoms with van der Waals surface area (Å²) in [5, 5.41) is -0.730. The molecule has 0 saturated carbocycles. The number of pyridine rings is 2. The summed E-state index contributed by atoms with van der Waals surface area (Å²) in [6, 6.07) is 6.00. The first kappa shape index (κ1) is 25.7. The maximum absolute atomic E-state index is 13.4. The molecule has 0 aliphatic heterocycles. The van der Waals surface area contributed by atoms with E-state index in [0.29, 0.717) is 10.4 Å². The predicted octanol–water partition coefficient (Wildman–Crippen LogP) is 4.41. The van der Waals surface area contributed by atoms with Crippen LogP contribution < -0.4 is 10.0 Å². The number of benzene rings is 1. The van der Waals surface area contributed by atoms with Crippen LogP contribution in [0.1, 0.15) is 21.6 Å². The fourth-order valence-corrected chi connectivity index (χ4v) is 4.71. The minimum absolute atomic E-state index is 0.0471. The number of halogens is 5. The van der Waals surface area contributed by atoms with Gasteiger partial charge in [-0.05, 0) is 36.4 Å². The van der Waals surface area contributed by atoms with E-state index in [1.54, 1.807) is 0 Å². The Bertz CT molecular complexity index is 1350. The topological polar surface area (TPSA) is 115 Å². The number of methoxy groups -OCH3 is 1. The fraction of sp³-hybridized carbons (Fsp3) is 0.150. The highest BCUT2D eigenvalue weighted by Crippen LogP contribution is 2.37. The van der Waals surface area contributed by atoms with Gasteiger partial charge in [-0.15, -0.1) is 0 Å². The minimum atomic E-state index is -4.91. The van der Waals surface area contributed by atoms with Crippen LogP contribution in [-0.2, 0) is 20.9 Å². The molecule has 0 saturated heterocycles. The van der Waals surface area contributed by atoms with E-state index in [0.717, 1.165) is 31.5 Å². The summed E-state index contributed by atoms with van der Waals surface area (Å²) in [7, 11) is -3.57. The molecule has 2 aromatic heterocycles. The van der Waals surface area contributed by atoms with Crippen molar-refractivity contribution in [2.24, 2.45) is 0 Å². The number of ketones is 1. The van der Waals surface area contributed by atoms with Gasteiger partial charge in [-0.2, -0.15) is 13.2 Å². The minimum Gasteiger partial charge on any atom is -0.383 e. The number of aromatic nitrogens is 2. The maximum atomic E-state index is 13.4. The molecule has 0 amide bonds. The molecule has 3 rings (SSSR count). The monoisotopic (exact) mass is 534 g/mol. The molecular weight excluding hydrogens is 520 g/mol. The Hall–Kier alpha value is -2.93. The summed E-state index contributed by atoms with van der Waals surface area (Å²) in [5.41, 5.74) is 3.60. The maximum Gasteiger partial charge on any atom is 0.417 e. The second kappa shape index (κ2) is 9.74. The summed E-state index contributed by atoms with van der Waals surface area (Å²) in [5.74, 6) is -0.926. The van der Waals surface area contributed by atoms with Gasteiger partial charge in [0.15, 0.2) is 0 Å². The lowest BCUT2D eigenvalue weighted by Gasteiger charge is -2.25. The van der Waals surface area contributed by atoms with Gasteiger partial charge in [0.25, 0.3) is 10.0 Å². The van der Waals surface area contributed by atoms with E-state index >= 15 is 0 Å². The summed E-state index contributed by atoms with van der Waals surface area (Å²) in [6.07, 6.45) is -2.46. The van der Waals surface area contributed by atoms with E-state index in [1.807, 2.05) is 0 Å². The van der Waals surface area contributed by atoms with Gasteiger partial charge in [-0.1, -0.05) is 23.2 Å². The van der Waals surface area contributed by atoms with Crippen molar-refractivity contribution in [1.29, 1.82) is 0 Å². The number of carbonyl (C=O) groups is 1. The van der Waals surface area contributed by atoms with Gasteiger partial charge >= 0.3 is 6.18 Å². The Morgan fingerprint density at radius 3 is 2.50 bits per heavy atom. The number of carbonyl (C=O) groups excluding carboxylic acids is 1. The molecule has 0 fully saturated rings. The van der Waals surface area contributed by atoms with Crippen LogP contribution in [-0.4, -0.2) is 38.0 Å². The average molecular weight is 535 g/mol. The van der Waals surface area contributed by atoms with Crippen molar-refractivity contribution >= 4 is 50.5 Å². The molecule has 2 heterocycles. The first-order valence-electron chi connectivity index (χ1n) is 9.17. The third kappa shape index (κ3) is 5.09. The van der Waals surface area contributed by atoms with Crippen LogP contribution >= 0.6 is 23.2 Å². The Morgan fingerprint density at radius 1 is 1.18 bits per heavy atom. The Balaban J connectivity index is 2.21. The van der Waals surface area contributed by atoms with Crippen molar-refractivity contribution in [3.63, 3.8) is 0 Å². The van der Waals surface area contributed by atoms with Crippen LogP contribution in [0.3, 0.4) is 0 Å². The molecule has 3 aromatic rings. The van der Waals surface area contributed by atoms with E-state index in [9.17, 15) is 26.4 Å². The van der Waals surface area contributed by atoms with Crippen LogP contribution in [0.25, 0.3) is 0 Å². The van der Waals surface area contributed by atoms with Crippen LogP contribution in [0.2, 0.25) is 10.0 Å². The fourth-order valence-electron chi connectivity index (χ4n) is 2.93. The standard InChI is InChI=1S/C20H15Cl2F3N4O4S/c1-33-10-29(34(31,32)12-4-5-15(22)14(8-12)20(23,24)25)16-7-11(21)9-28-17(16)18(30)13-3-2-6-27-19(13)26/h2-9H,10H2,1H3,(H2,26,27). The highest BCUT2D eigenvalue weighted by atomic mass is 35.5. The quantitative estimate of drug-likeness (QED) is 0.352. The number of anilines is 2. The number of nitrogen functional groups attached to an aromatic ring is 1. The number of hydrogen-bond acceptors (Lipinski definition) is 7. The molecule has 0 aliphatic rings. The third-order valence-electron chi connectivity index (χ3n) is 4.48. The molecule has 0 spiro atoms. The van der Waals surface area contributed by atoms with Gasteiger partial charge < -0.3 is 10.5 Å². The molecule has 14 heteroatoms. The van der Waals surface area contributed by atoms with Crippen molar-refractivity contribution in [3.8, 4) is 0 Å².